The van der Waals surface area contributed by atoms with Crippen LogP contribution in [-0.2, 0) is 0 Å². The van der Waals surface area contributed by atoms with Gasteiger partial charge in [0.25, 0.3) is 0 Å². The van der Waals surface area contributed by atoms with Gasteiger partial charge in [-0.2, -0.15) is 39.5 Å². The quantitative estimate of drug-likeness (QED) is 0.665. The van der Waals surface area contributed by atoms with Crippen molar-refractivity contribution in [2.75, 3.05) is 0 Å². The highest BCUT2D eigenvalue weighted by atomic mass is 19.4. The van der Waals surface area contributed by atoms with E-state index in [1.165, 1.54) is 0 Å². The van der Waals surface area contributed by atoms with E-state index in [2.05, 4.69) is 5.73 Å². The van der Waals surface area contributed by atoms with Gasteiger partial charge in [0, 0.05) is 0 Å². The Morgan fingerprint density at radius 2 is 1.19 bits per heavy atom. The molecule has 0 saturated carbocycles. The normalized spacial score (nSPS) is 27.3. The fourth-order valence-electron chi connectivity index (χ4n) is 1.18. The molecular weight excluding hydrogens is 257 g/mol. The Morgan fingerprint density at radius 3 is 1.31 bits per heavy atom. The van der Waals surface area contributed by atoms with Crippen LogP contribution in [-0.4, -0.2) is 23.9 Å². The highest BCUT2D eigenvalue weighted by Gasteiger charge is 2.83. The van der Waals surface area contributed by atoms with Crippen molar-refractivity contribution in [3.63, 3.8) is 0 Å². The van der Waals surface area contributed by atoms with E-state index >= 15 is 0 Å². The molecule has 0 aromatic heterocycles. The van der Waals surface area contributed by atoms with Crippen molar-refractivity contribution in [1.82, 2.24) is 0 Å². The van der Waals surface area contributed by atoms with Crippen molar-refractivity contribution in [3.05, 3.63) is 11.3 Å². The summed E-state index contributed by atoms with van der Waals surface area (Å²) in [4.78, 5) is 0. The zero-order valence-corrected chi connectivity index (χ0v) is 6.98. The van der Waals surface area contributed by atoms with Crippen LogP contribution in [0.4, 0.5) is 39.5 Å². The fourth-order valence-corrected chi connectivity index (χ4v) is 1.18. The minimum Gasteiger partial charge on any atom is -0.397 e. The largest absolute Gasteiger partial charge is 0.420 e. The van der Waals surface area contributed by atoms with Gasteiger partial charge in [-0.05, 0) is 0 Å². The second-order valence-electron chi connectivity index (χ2n) is 3.01. The van der Waals surface area contributed by atoms with Crippen LogP contribution in [0.2, 0.25) is 0 Å². The first kappa shape index (κ1) is 13.0. The number of alkyl halides is 9. The molecule has 0 heterocycles. The summed E-state index contributed by atoms with van der Waals surface area (Å²) >= 11 is 0. The summed E-state index contributed by atoms with van der Waals surface area (Å²) in [5.74, 6) is -18.0. The molecule has 1 nitrogen and oxygen atoms in total. The summed E-state index contributed by atoms with van der Waals surface area (Å²) in [6.07, 6.45) is -6.06. The van der Waals surface area contributed by atoms with Gasteiger partial charge in [-0.15, -0.1) is 0 Å². The highest BCUT2D eigenvalue weighted by molar-refractivity contribution is 5.41. The van der Waals surface area contributed by atoms with Crippen molar-refractivity contribution in [2.45, 2.75) is 23.9 Å². The van der Waals surface area contributed by atoms with Crippen molar-refractivity contribution in [1.29, 1.82) is 0 Å². The predicted octanol–water partition coefficient (Wildman–Crippen LogP) is 2.68. The minimum absolute atomic E-state index is 2.85. The summed E-state index contributed by atoms with van der Waals surface area (Å²) in [5, 5.41) is 0. The molecule has 0 spiro atoms. The molecule has 0 aromatic carbocycles. The molecule has 16 heavy (non-hydrogen) atoms. The molecule has 0 radical (unpaired) electrons. The molecule has 94 valence electrons. The van der Waals surface area contributed by atoms with E-state index in [9.17, 15) is 39.5 Å². The molecule has 1 aliphatic carbocycles. The van der Waals surface area contributed by atoms with E-state index in [0.29, 0.717) is 0 Å². The Labute approximate surface area is 81.7 Å². The molecule has 0 saturated heterocycles. The van der Waals surface area contributed by atoms with Crippen LogP contribution in [0.25, 0.3) is 0 Å². The van der Waals surface area contributed by atoms with Crippen molar-refractivity contribution < 1.29 is 39.5 Å². The molecule has 1 rings (SSSR count). The molecule has 0 amide bonds. The Balaban J connectivity index is 3.55. The third kappa shape index (κ3) is 1.21. The first-order valence-electron chi connectivity index (χ1n) is 3.49. The van der Waals surface area contributed by atoms with Crippen LogP contribution in [0.1, 0.15) is 0 Å². The van der Waals surface area contributed by atoms with E-state index in [-0.39, 0.29) is 0 Å². The van der Waals surface area contributed by atoms with Gasteiger partial charge >= 0.3 is 23.9 Å². The lowest BCUT2D eigenvalue weighted by molar-refractivity contribution is -0.274. The van der Waals surface area contributed by atoms with Crippen LogP contribution >= 0.6 is 0 Å². The van der Waals surface area contributed by atoms with E-state index < -0.39 is 35.2 Å². The minimum atomic E-state index is -6.20. The van der Waals surface area contributed by atoms with Crippen LogP contribution in [0.3, 0.4) is 0 Å². The number of nitrogens with two attached hydrogens (primary N) is 1. The van der Waals surface area contributed by atoms with Crippen molar-refractivity contribution in [3.8, 4) is 0 Å². The monoisotopic (exact) mass is 259 g/mol. The average Bonchev–Trinajstić information content (AvgIpc) is 2.06. The molecule has 0 atom stereocenters. The summed E-state index contributed by atoms with van der Waals surface area (Å²) in [7, 11) is 0. The van der Waals surface area contributed by atoms with E-state index in [4.69, 9.17) is 0 Å². The Bertz CT molecular complexity index is 350. The Kier molecular flexibility index (Phi) is 2.25. The Morgan fingerprint density at radius 1 is 0.812 bits per heavy atom. The summed E-state index contributed by atoms with van der Waals surface area (Å²) in [6.45, 7) is 0. The lowest BCUT2D eigenvalue weighted by atomic mass is 10.1. The third-order valence-electron chi connectivity index (χ3n) is 1.99. The topological polar surface area (TPSA) is 26.0 Å². The summed E-state index contributed by atoms with van der Waals surface area (Å²) in [5.41, 5.74) is -2.20. The van der Waals surface area contributed by atoms with Crippen LogP contribution < -0.4 is 5.73 Å². The maximum absolute atomic E-state index is 12.5. The van der Waals surface area contributed by atoms with Gasteiger partial charge in [-0.1, -0.05) is 0 Å². The maximum atomic E-state index is 12.5. The SMILES string of the molecule is NC1=C(C(F)(F)F)C(F)(F)C(F)(F)C1(F)F. The second-order valence-corrected chi connectivity index (χ2v) is 3.01. The molecular formula is C6H2F9N. The van der Waals surface area contributed by atoms with Gasteiger partial charge in [0.1, 0.15) is 5.57 Å². The molecule has 0 bridgehead atoms. The van der Waals surface area contributed by atoms with Crippen molar-refractivity contribution >= 4 is 0 Å². The number of hydrogen-bond donors (Lipinski definition) is 1. The number of allylic oxidation sites excluding steroid dienone is 2. The highest BCUT2D eigenvalue weighted by Crippen LogP contribution is 2.61. The van der Waals surface area contributed by atoms with Gasteiger partial charge in [-0.25, -0.2) is 0 Å². The lowest BCUT2D eigenvalue weighted by Gasteiger charge is -2.25. The zero-order chi connectivity index (χ0) is 13.2. The van der Waals surface area contributed by atoms with Crippen LogP contribution in [0.15, 0.2) is 11.3 Å². The smallest absolute Gasteiger partial charge is 0.397 e. The second kappa shape index (κ2) is 2.77. The average molecular weight is 259 g/mol. The summed E-state index contributed by atoms with van der Waals surface area (Å²) < 4.78 is 111. The van der Waals surface area contributed by atoms with Gasteiger partial charge in [0.05, 0.1) is 5.70 Å². The molecule has 0 aromatic rings. The van der Waals surface area contributed by atoms with E-state index in [1.54, 1.807) is 0 Å². The summed E-state index contributed by atoms with van der Waals surface area (Å²) in [6, 6.07) is 0. The number of rotatable bonds is 0. The van der Waals surface area contributed by atoms with Gasteiger partial charge < -0.3 is 5.73 Å². The lowest BCUT2D eigenvalue weighted by Crippen LogP contribution is -2.50. The van der Waals surface area contributed by atoms with E-state index in [0.717, 1.165) is 0 Å². The molecule has 0 unspecified atom stereocenters. The molecule has 2 N–H and O–H groups in total. The van der Waals surface area contributed by atoms with E-state index in [1.807, 2.05) is 0 Å². The Hall–Kier alpha value is -1.09. The first-order chi connectivity index (χ1) is 6.78. The standard InChI is InChI=1S/C6H2F9N/c7-3(8)1(5(11,12)13)2(16)4(9,10)6(3,14)15/h16H2. The zero-order valence-electron chi connectivity index (χ0n) is 6.98. The number of halogens is 9. The van der Waals surface area contributed by atoms with Crippen LogP contribution in [0, 0.1) is 0 Å². The molecule has 1 aliphatic rings. The van der Waals surface area contributed by atoms with Gasteiger partial charge in [0.2, 0.25) is 0 Å². The van der Waals surface area contributed by atoms with Crippen LogP contribution in [0.5, 0.6) is 0 Å². The molecule has 0 fully saturated rings. The first-order valence-corrected chi connectivity index (χ1v) is 3.49. The fraction of sp³-hybridized carbons (Fsp3) is 0.667. The van der Waals surface area contributed by atoms with Gasteiger partial charge in [-0.3, -0.25) is 0 Å². The number of hydrogen-bond acceptors (Lipinski definition) is 1. The molecule has 10 heteroatoms. The maximum Gasteiger partial charge on any atom is 0.420 e. The predicted molar refractivity (Wildman–Crippen MR) is 32.1 cm³/mol. The third-order valence-corrected chi connectivity index (χ3v) is 1.99. The van der Waals surface area contributed by atoms with Gasteiger partial charge in [0.15, 0.2) is 0 Å². The molecule has 0 aliphatic heterocycles. The van der Waals surface area contributed by atoms with Crippen molar-refractivity contribution in [2.24, 2.45) is 5.73 Å².